The van der Waals surface area contributed by atoms with E-state index >= 15 is 0 Å². The van der Waals surface area contributed by atoms with Gasteiger partial charge in [-0.1, -0.05) is 26.3 Å². The minimum Gasteiger partial charge on any atom is -0.341 e. The van der Waals surface area contributed by atoms with Gasteiger partial charge < -0.3 is 10.6 Å². The molecule has 160 valence electrons. The number of carbonyl (C=O) groups is 1. The second-order valence-electron chi connectivity index (χ2n) is 8.47. The largest absolute Gasteiger partial charge is 0.341 e. The summed E-state index contributed by atoms with van der Waals surface area (Å²) in [6, 6.07) is 4.83. The predicted molar refractivity (Wildman–Crippen MR) is 115 cm³/mol. The van der Waals surface area contributed by atoms with Gasteiger partial charge in [-0.05, 0) is 56.3 Å². The van der Waals surface area contributed by atoms with Crippen molar-refractivity contribution in [3.8, 4) is 0 Å². The third-order valence-corrected chi connectivity index (χ3v) is 7.36. The van der Waals surface area contributed by atoms with Crippen molar-refractivity contribution in [2.24, 2.45) is 11.1 Å². The number of rotatable bonds is 6. The van der Waals surface area contributed by atoms with E-state index in [1.54, 1.807) is 28.4 Å². The van der Waals surface area contributed by atoms with Gasteiger partial charge in [0.05, 0.1) is 4.90 Å². The second kappa shape index (κ2) is 9.57. The number of carbonyl (C=O) groups excluding carboxylic acids is 1. The Bertz CT molecular complexity index is 796. The van der Waals surface area contributed by atoms with Crippen LogP contribution in [0.3, 0.4) is 0 Å². The molecule has 1 saturated heterocycles. The van der Waals surface area contributed by atoms with E-state index in [1.807, 2.05) is 27.7 Å². The molecule has 0 aromatic heterocycles. The van der Waals surface area contributed by atoms with E-state index in [0.29, 0.717) is 25.2 Å². The highest BCUT2D eigenvalue weighted by Gasteiger charge is 2.32. The molecular formula is C20H34ClN3O3S. The molecule has 1 aromatic rings. The first-order chi connectivity index (χ1) is 12.5. The third kappa shape index (κ3) is 5.47. The number of piperidine rings is 1. The lowest BCUT2D eigenvalue weighted by molar-refractivity contribution is 0.0739. The molecule has 1 amide bonds. The Hall–Kier alpha value is -1.15. The number of nitrogens with zero attached hydrogens (tertiary/aromatic N) is 2. The van der Waals surface area contributed by atoms with Crippen LogP contribution in [0.15, 0.2) is 23.1 Å². The van der Waals surface area contributed by atoms with Crippen LogP contribution in [-0.4, -0.2) is 56.3 Å². The highest BCUT2D eigenvalue weighted by molar-refractivity contribution is 7.89. The summed E-state index contributed by atoms with van der Waals surface area (Å²) in [6.45, 7) is 9.28. The van der Waals surface area contributed by atoms with Gasteiger partial charge in [-0.3, -0.25) is 4.79 Å². The normalized spacial score (nSPS) is 18.4. The fraction of sp³-hybridized carbons (Fsp3) is 0.650. The van der Waals surface area contributed by atoms with Gasteiger partial charge in [-0.2, -0.15) is 4.31 Å². The molecule has 0 aliphatic carbocycles. The number of hydrogen-bond donors (Lipinski definition) is 1. The van der Waals surface area contributed by atoms with Gasteiger partial charge in [0.1, 0.15) is 0 Å². The van der Waals surface area contributed by atoms with E-state index < -0.39 is 10.0 Å². The Morgan fingerprint density at radius 2 is 1.96 bits per heavy atom. The summed E-state index contributed by atoms with van der Waals surface area (Å²) in [5.41, 5.74) is 6.77. The van der Waals surface area contributed by atoms with Crippen molar-refractivity contribution in [3.63, 3.8) is 0 Å². The van der Waals surface area contributed by atoms with Crippen molar-refractivity contribution in [1.82, 2.24) is 9.21 Å². The zero-order chi connectivity index (χ0) is 20.4. The average Bonchev–Trinajstić information content (AvgIpc) is 2.61. The maximum atomic E-state index is 13.1. The first-order valence-electron chi connectivity index (χ1n) is 9.57. The summed E-state index contributed by atoms with van der Waals surface area (Å²) >= 11 is 0. The summed E-state index contributed by atoms with van der Waals surface area (Å²) in [6.07, 6.45) is 2.79. The molecule has 1 heterocycles. The van der Waals surface area contributed by atoms with E-state index in [-0.39, 0.29) is 34.7 Å². The molecule has 8 heteroatoms. The summed E-state index contributed by atoms with van der Waals surface area (Å²) < 4.78 is 27.8. The summed E-state index contributed by atoms with van der Waals surface area (Å²) in [7, 11) is -1.88. The maximum absolute atomic E-state index is 13.1. The number of aryl methyl sites for hydroxylation is 1. The average molecular weight is 432 g/mol. The van der Waals surface area contributed by atoms with E-state index in [9.17, 15) is 13.2 Å². The first kappa shape index (κ1) is 24.9. The van der Waals surface area contributed by atoms with Crippen LogP contribution >= 0.6 is 12.4 Å². The van der Waals surface area contributed by atoms with E-state index in [2.05, 4.69) is 0 Å². The summed E-state index contributed by atoms with van der Waals surface area (Å²) in [4.78, 5) is 14.8. The van der Waals surface area contributed by atoms with E-state index in [1.165, 1.54) is 6.07 Å². The van der Waals surface area contributed by atoms with Crippen LogP contribution in [0.4, 0.5) is 0 Å². The summed E-state index contributed by atoms with van der Waals surface area (Å²) in [5, 5.41) is 0. The molecule has 0 saturated carbocycles. The fourth-order valence-corrected chi connectivity index (χ4v) is 5.27. The van der Waals surface area contributed by atoms with Crippen LogP contribution < -0.4 is 5.73 Å². The van der Waals surface area contributed by atoms with Crippen molar-refractivity contribution in [1.29, 1.82) is 0 Å². The molecule has 1 unspecified atom stereocenters. The molecule has 0 radical (unpaired) electrons. The predicted octanol–water partition coefficient (Wildman–Crippen LogP) is 3.04. The van der Waals surface area contributed by atoms with Crippen molar-refractivity contribution in [2.45, 2.75) is 57.9 Å². The zero-order valence-electron chi connectivity index (χ0n) is 17.6. The van der Waals surface area contributed by atoms with Crippen LogP contribution in [0.5, 0.6) is 0 Å². The number of amides is 1. The van der Waals surface area contributed by atoms with E-state index in [0.717, 1.165) is 24.8 Å². The minimum absolute atomic E-state index is 0. The van der Waals surface area contributed by atoms with Gasteiger partial charge in [0.15, 0.2) is 0 Å². The lowest BCUT2D eigenvalue weighted by Gasteiger charge is -2.32. The Kier molecular flexibility index (Phi) is 8.50. The Morgan fingerprint density at radius 1 is 1.32 bits per heavy atom. The Labute approximate surface area is 175 Å². The van der Waals surface area contributed by atoms with Gasteiger partial charge in [0.25, 0.3) is 5.91 Å². The Morgan fingerprint density at radius 3 is 2.54 bits per heavy atom. The van der Waals surface area contributed by atoms with Gasteiger partial charge in [-0.25, -0.2) is 8.42 Å². The molecule has 1 atom stereocenters. The molecule has 1 aliphatic rings. The number of halogens is 1. The smallest absolute Gasteiger partial charge is 0.253 e. The monoisotopic (exact) mass is 431 g/mol. The molecule has 0 spiro atoms. The number of sulfonamides is 1. The first-order valence-corrected chi connectivity index (χ1v) is 11.0. The van der Waals surface area contributed by atoms with Crippen LogP contribution in [0, 0.1) is 12.3 Å². The third-order valence-electron chi connectivity index (χ3n) is 5.35. The van der Waals surface area contributed by atoms with Crippen LogP contribution in [0.1, 0.15) is 56.0 Å². The van der Waals surface area contributed by atoms with Crippen molar-refractivity contribution in [2.75, 3.05) is 26.7 Å². The molecule has 1 aliphatic heterocycles. The van der Waals surface area contributed by atoms with Gasteiger partial charge in [0, 0.05) is 31.7 Å². The van der Waals surface area contributed by atoms with E-state index in [4.69, 9.17) is 5.73 Å². The molecule has 2 rings (SSSR count). The topological polar surface area (TPSA) is 83.7 Å². The standard InChI is InChI=1S/C20H33N3O3S.ClH/c1-15-9-10-17(27(25,26)23-11-7-6-8-16(23)2)12-18(15)19(24)22(5)14-20(3,4)13-21;/h9-10,12,16H,6-8,11,13-14,21H2,1-5H3;1H. The molecule has 2 N–H and O–H groups in total. The number of hydrogen-bond acceptors (Lipinski definition) is 4. The highest BCUT2D eigenvalue weighted by atomic mass is 35.5. The zero-order valence-corrected chi connectivity index (χ0v) is 19.2. The van der Waals surface area contributed by atoms with Gasteiger partial charge in [0.2, 0.25) is 10.0 Å². The van der Waals surface area contributed by atoms with Gasteiger partial charge >= 0.3 is 0 Å². The molecule has 1 fully saturated rings. The van der Waals surface area contributed by atoms with Crippen LogP contribution in [0.2, 0.25) is 0 Å². The molecule has 1 aromatic carbocycles. The van der Waals surface area contributed by atoms with Gasteiger partial charge in [-0.15, -0.1) is 12.4 Å². The summed E-state index contributed by atoms with van der Waals surface area (Å²) in [5.74, 6) is -0.183. The molecule has 0 bridgehead atoms. The minimum atomic E-state index is -3.61. The SMILES string of the molecule is Cc1ccc(S(=O)(=O)N2CCCCC2C)cc1C(=O)N(C)CC(C)(C)CN.Cl. The van der Waals surface area contributed by atoms with Crippen LogP contribution in [0.25, 0.3) is 0 Å². The van der Waals surface area contributed by atoms with Crippen molar-refractivity contribution in [3.05, 3.63) is 29.3 Å². The molecular weight excluding hydrogens is 398 g/mol. The maximum Gasteiger partial charge on any atom is 0.253 e. The van der Waals surface area contributed by atoms with Crippen molar-refractivity contribution < 1.29 is 13.2 Å². The lowest BCUT2D eigenvalue weighted by Crippen LogP contribution is -2.42. The quantitative estimate of drug-likeness (QED) is 0.750. The number of benzene rings is 1. The fourth-order valence-electron chi connectivity index (χ4n) is 3.54. The lowest BCUT2D eigenvalue weighted by atomic mass is 9.93. The highest BCUT2D eigenvalue weighted by Crippen LogP contribution is 2.27. The number of nitrogens with two attached hydrogens (primary N) is 1. The van der Waals surface area contributed by atoms with Crippen LogP contribution in [-0.2, 0) is 10.0 Å². The van der Waals surface area contributed by atoms with Crippen molar-refractivity contribution >= 4 is 28.3 Å². The molecule has 28 heavy (non-hydrogen) atoms. The molecule has 6 nitrogen and oxygen atoms in total. The second-order valence-corrected chi connectivity index (χ2v) is 10.4. The Balaban J connectivity index is 0.00000392.